The third-order valence-corrected chi connectivity index (χ3v) is 3.90. The van der Waals surface area contributed by atoms with E-state index in [2.05, 4.69) is 35.1 Å². The average molecular weight is 302 g/mol. The van der Waals surface area contributed by atoms with Crippen LogP contribution in [0.2, 0.25) is 0 Å². The normalized spacial score (nSPS) is 13.1. The lowest BCUT2D eigenvalue weighted by atomic mass is 9.91. The van der Waals surface area contributed by atoms with Gasteiger partial charge in [0.25, 0.3) is 0 Å². The smallest absolute Gasteiger partial charge is 0.129 e. The maximum Gasteiger partial charge on any atom is 0.129 e. The summed E-state index contributed by atoms with van der Waals surface area (Å²) in [5, 5.41) is 3.22. The monoisotopic (exact) mass is 301 g/mol. The summed E-state index contributed by atoms with van der Waals surface area (Å²) in [5.41, 5.74) is 0.766. The van der Waals surface area contributed by atoms with Crippen molar-refractivity contribution in [1.82, 2.24) is 5.32 Å². The van der Waals surface area contributed by atoms with E-state index in [0.717, 1.165) is 29.3 Å². The Balaban J connectivity index is 2.85. The van der Waals surface area contributed by atoms with Crippen LogP contribution in [0.5, 0.6) is 0 Å². The second kappa shape index (κ2) is 7.12. The minimum atomic E-state index is -0.135. The van der Waals surface area contributed by atoms with Crippen molar-refractivity contribution in [3.8, 4) is 0 Å². The van der Waals surface area contributed by atoms with E-state index in [1.54, 1.807) is 0 Å². The van der Waals surface area contributed by atoms with E-state index in [1.807, 2.05) is 19.2 Å². The molecule has 1 nitrogen and oxygen atoms in total. The second-order valence-electron chi connectivity index (χ2n) is 4.43. The second-order valence-corrected chi connectivity index (χ2v) is 5.34. The number of hydrogen-bond acceptors (Lipinski definition) is 1. The molecule has 1 aromatic rings. The van der Waals surface area contributed by atoms with Gasteiger partial charge in [-0.1, -0.05) is 48.7 Å². The largest absolute Gasteiger partial charge is 0.313 e. The van der Waals surface area contributed by atoms with Crippen molar-refractivity contribution in [2.45, 2.75) is 39.2 Å². The summed E-state index contributed by atoms with van der Waals surface area (Å²) in [7, 11) is 1.90. The highest BCUT2D eigenvalue weighted by atomic mass is 79.9. The van der Waals surface area contributed by atoms with Crippen molar-refractivity contribution in [1.29, 1.82) is 0 Å². The summed E-state index contributed by atoms with van der Waals surface area (Å²) < 4.78 is 14.7. The van der Waals surface area contributed by atoms with Crippen LogP contribution in [0, 0.1) is 11.7 Å². The molecule has 0 aliphatic carbocycles. The molecule has 1 N–H and O–H groups in total. The van der Waals surface area contributed by atoms with E-state index < -0.39 is 0 Å². The van der Waals surface area contributed by atoms with Crippen LogP contribution in [-0.4, -0.2) is 7.05 Å². The topological polar surface area (TPSA) is 12.0 Å². The molecule has 96 valence electrons. The molecule has 1 aromatic carbocycles. The van der Waals surface area contributed by atoms with Crippen LogP contribution < -0.4 is 5.32 Å². The van der Waals surface area contributed by atoms with Gasteiger partial charge in [0.1, 0.15) is 5.82 Å². The zero-order chi connectivity index (χ0) is 12.8. The number of benzene rings is 1. The fourth-order valence-corrected chi connectivity index (χ4v) is 2.47. The van der Waals surface area contributed by atoms with Crippen LogP contribution in [0.3, 0.4) is 0 Å². The van der Waals surface area contributed by atoms with Crippen molar-refractivity contribution in [3.63, 3.8) is 0 Å². The van der Waals surface area contributed by atoms with Crippen LogP contribution in [-0.2, 0) is 0 Å². The first-order chi connectivity index (χ1) is 8.12. The molecule has 17 heavy (non-hydrogen) atoms. The van der Waals surface area contributed by atoms with Crippen LogP contribution >= 0.6 is 15.9 Å². The number of rotatable bonds is 6. The van der Waals surface area contributed by atoms with E-state index in [1.165, 1.54) is 6.07 Å². The Morgan fingerprint density at radius 3 is 2.41 bits per heavy atom. The SMILES string of the molecule is CCC(CC)CC(NC)c1ccc(Br)cc1F. The summed E-state index contributed by atoms with van der Waals surface area (Å²) in [6, 6.07) is 5.40. The predicted octanol–water partition coefficient (Wildman–Crippen LogP) is 4.68. The van der Waals surface area contributed by atoms with Crippen molar-refractivity contribution in [2.75, 3.05) is 7.05 Å². The molecule has 0 saturated carbocycles. The summed E-state index contributed by atoms with van der Waals surface area (Å²) in [5.74, 6) is 0.514. The number of nitrogens with one attached hydrogen (secondary N) is 1. The highest BCUT2D eigenvalue weighted by Crippen LogP contribution is 2.28. The molecular weight excluding hydrogens is 281 g/mol. The van der Waals surface area contributed by atoms with Gasteiger partial charge in [-0.15, -0.1) is 0 Å². The maximum absolute atomic E-state index is 13.9. The molecule has 0 fully saturated rings. The molecule has 0 heterocycles. The Labute approximate surface area is 112 Å². The minimum absolute atomic E-state index is 0.105. The van der Waals surface area contributed by atoms with E-state index in [-0.39, 0.29) is 11.9 Å². The van der Waals surface area contributed by atoms with Crippen LogP contribution in [0.1, 0.15) is 44.7 Å². The molecule has 0 aliphatic rings. The van der Waals surface area contributed by atoms with Gasteiger partial charge in [0.15, 0.2) is 0 Å². The fraction of sp³-hybridized carbons (Fsp3) is 0.571. The van der Waals surface area contributed by atoms with E-state index in [4.69, 9.17) is 0 Å². The van der Waals surface area contributed by atoms with E-state index in [9.17, 15) is 4.39 Å². The van der Waals surface area contributed by atoms with Crippen LogP contribution in [0.15, 0.2) is 22.7 Å². The van der Waals surface area contributed by atoms with E-state index >= 15 is 0 Å². The Kier molecular flexibility index (Phi) is 6.14. The van der Waals surface area contributed by atoms with E-state index in [0.29, 0.717) is 5.92 Å². The molecule has 0 radical (unpaired) electrons. The van der Waals surface area contributed by atoms with Gasteiger partial charge < -0.3 is 5.32 Å². The maximum atomic E-state index is 13.9. The Hall–Kier alpha value is -0.410. The molecule has 0 amide bonds. The molecule has 0 aromatic heterocycles. The highest BCUT2D eigenvalue weighted by Gasteiger charge is 2.17. The van der Waals surface area contributed by atoms with Gasteiger partial charge in [-0.05, 0) is 31.5 Å². The molecular formula is C14H21BrFN. The van der Waals surface area contributed by atoms with Gasteiger partial charge >= 0.3 is 0 Å². The van der Waals surface area contributed by atoms with Crippen molar-refractivity contribution in [2.24, 2.45) is 5.92 Å². The van der Waals surface area contributed by atoms with Gasteiger partial charge in [-0.25, -0.2) is 4.39 Å². The first-order valence-corrected chi connectivity index (χ1v) is 7.03. The predicted molar refractivity (Wildman–Crippen MR) is 74.6 cm³/mol. The minimum Gasteiger partial charge on any atom is -0.313 e. The number of halogens is 2. The molecule has 0 bridgehead atoms. The zero-order valence-electron chi connectivity index (χ0n) is 10.8. The fourth-order valence-electron chi connectivity index (χ4n) is 2.14. The molecule has 1 rings (SSSR count). The summed E-state index contributed by atoms with van der Waals surface area (Å²) in [6.07, 6.45) is 3.28. The molecule has 0 aliphatic heterocycles. The summed E-state index contributed by atoms with van der Waals surface area (Å²) >= 11 is 3.29. The Morgan fingerprint density at radius 2 is 1.94 bits per heavy atom. The third kappa shape index (κ3) is 4.07. The lowest BCUT2D eigenvalue weighted by Gasteiger charge is -2.22. The van der Waals surface area contributed by atoms with Crippen molar-refractivity contribution >= 4 is 15.9 Å². The van der Waals surface area contributed by atoms with Gasteiger partial charge in [-0.2, -0.15) is 0 Å². The summed E-state index contributed by atoms with van der Waals surface area (Å²) in [6.45, 7) is 4.39. The molecule has 0 saturated heterocycles. The molecule has 0 spiro atoms. The lowest BCUT2D eigenvalue weighted by molar-refractivity contribution is 0.378. The molecule has 1 atom stereocenters. The van der Waals surface area contributed by atoms with Crippen molar-refractivity contribution < 1.29 is 4.39 Å². The average Bonchev–Trinajstić information content (AvgIpc) is 2.32. The Bertz CT molecular complexity index is 350. The van der Waals surface area contributed by atoms with Gasteiger partial charge in [-0.3, -0.25) is 0 Å². The highest BCUT2D eigenvalue weighted by molar-refractivity contribution is 9.10. The first-order valence-electron chi connectivity index (χ1n) is 6.24. The quantitative estimate of drug-likeness (QED) is 0.805. The van der Waals surface area contributed by atoms with Crippen LogP contribution in [0.4, 0.5) is 4.39 Å². The summed E-state index contributed by atoms with van der Waals surface area (Å²) in [4.78, 5) is 0. The molecule has 1 unspecified atom stereocenters. The molecule has 3 heteroatoms. The third-order valence-electron chi connectivity index (χ3n) is 3.41. The van der Waals surface area contributed by atoms with Crippen LogP contribution in [0.25, 0.3) is 0 Å². The zero-order valence-corrected chi connectivity index (χ0v) is 12.3. The van der Waals surface area contributed by atoms with Gasteiger partial charge in [0.2, 0.25) is 0 Å². The van der Waals surface area contributed by atoms with Gasteiger partial charge in [0, 0.05) is 16.1 Å². The lowest BCUT2D eigenvalue weighted by Crippen LogP contribution is -2.20. The first kappa shape index (κ1) is 14.7. The van der Waals surface area contributed by atoms with Crippen molar-refractivity contribution in [3.05, 3.63) is 34.1 Å². The van der Waals surface area contributed by atoms with Gasteiger partial charge in [0.05, 0.1) is 0 Å². The number of hydrogen-bond donors (Lipinski definition) is 1. The Morgan fingerprint density at radius 1 is 1.29 bits per heavy atom. The standard InChI is InChI=1S/C14H21BrFN/c1-4-10(5-2)8-14(17-3)12-7-6-11(15)9-13(12)16/h6-7,9-10,14,17H,4-5,8H2,1-3H3.